The average molecular weight is 489 g/mol. The molecule has 5 rings (SSSR count). The van der Waals surface area contributed by atoms with E-state index < -0.39 is 10.0 Å². The molecule has 0 saturated carbocycles. The highest BCUT2D eigenvalue weighted by atomic mass is 32.2. The molecule has 33 heavy (non-hydrogen) atoms. The number of ether oxygens (including phenoxy) is 1. The summed E-state index contributed by atoms with van der Waals surface area (Å²) in [5, 5.41) is 1.16. The van der Waals surface area contributed by atoms with E-state index in [1.165, 1.54) is 15.8 Å². The zero-order valence-corrected chi connectivity index (χ0v) is 20.2. The number of aromatic nitrogens is 2. The molecule has 2 fully saturated rings. The van der Waals surface area contributed by atoms with Gasteiger partial charge >= 0.3 is 0 Å². The van der Waals surface area contributed by atoms with Crippen molar-refractivity contribution in [3.8, 4) is 11.3 Å². The van der Waals surface area contributed by atoms with Crippen molar-refractivity contribution in [1.82, 2.24) is 19.2 Å². The number of hydrogen-bond acceptors (Lipinski definition) is 9. The minimum Gasteiger partial charge on any atom is -0.384 e. The summed E-state index contributed by atoms with van der Waals surface area (Å²) in [7, 11) is -3.12. The van der Waals surface area contributed by atoms with Gasteiger partial charge in [-0.25, -0.2) is 18.4 Å². The van der Waals surface area contributed by atoms with E-state index in [1.54, 1.807) is 27.9 Å². The molecular formula is C22H28N6O3S2. The molecule has 11 heteroatoms. The van der Waals surface area contributed by atoms with Crippen LogP contribution in [0.2, 0.25) is 0 Å². The second-order valence-corrected chi connectivity index (χ2v) is 11.6. The van der Waals surface area contributed by atoms with Gasteiger partial charge in [0.05, 0.1) is 29.9 Å². The van der Waals surface area contributed by atoms with Crippen molar-refractivity contribution in [2.45, 2.75) is 6.54 Å². The molecule has 0 spiro atoms. The highest BCUT2D eigenvalue weighted by Gasteiger charge is 2.24. The van der Waals surface area contributed by atoms with Gasteiger partial charge in [0.2, 0.25) is 10.0 Å². The van der Waals surface area contributed by atoms with E-state index in [9.17, 15) is 8.42 Å². The lowest BCUT2D eigenvalue weighted by Gasteiger charge is -2.32. The van der Waals surface area contributed by atoms with Gasteiger partial charge in [-0.1, -0.05) is 0 Å². The van der Waals surface area contributed by atoms with E-state index in [1.807, 2.05) is 6.07 Å². The van der Waals surface area contributed by atoms with Crippen molar-refractivity contribution >= 4 is 43.1 Å². The first-order valence-corrected chi connectivity index (χ1v) is 13.7. The molecule has 0 aliphatic carbocycles. The summed E-state index contributed by atoms with van der Waals surface area (Å²) >= 11 is 1.77. The van der Waals surface area contributed by atoms with Crippen molar-refractivity contribution in [1.29, 1.82) is 0 Å². The first-order valence-electron chi connectivity index (χ1n) is 11.0. The first-order chi connectivity index (χ1) is 15.9. The molecule has 176 valence electrons. The number of morpholine rings is 1. The van der Waals surface area contributed by atoms with Gasteiger partial charge in [0.1, 0.15) is 11.6 Å². The van der Waals surface area contributed by atoms with Crippen LogP contribution in [0.15, 0.2) is 30.5 Å². The van der Waals surface area contributed by atoms with Crippen LogP contribution in [0.4, 0.5) is 11.6 Å². The highest BCUT2D eigenvalue weighted by Crippen LogP contribution is 2.37. The van der Waals surface area contributed by atoms with Gasteiger partial charge in [-0.15, -0.1) is 11.3 Å². The zero-order chi connectivity index (χ0) is 23.0. The van der Waals surface area contributed by atoms with Gasteiger partial charge < -0.3 is 15.4 Å². The number of fused-ring (bicyclic) bond motifs is 1. The van der Waals surface area contributed by atoms with Crippen molar-refractivity contribution in [3.05, 3.63) is 35.3 Å². The topological polar surface area (TPSA) is 105 Å². The fourth-order valence-electron chi connectivity index (χ4n) is 4.30. The number of rotatable bonds is 5. The molecule has 0 amide bonds. The Kier molecular flexibility index (Phi) is 6.23. The van der Waals surface area contributed by atoms with E-state index >= 15 is 0 Å². The molecular weight excluding hydrogens is 460 g/mol. The second kappa shape index (κ2) is 9.15. The quantitative estimate of drug-likeness (QED) is 0.580. The Bertz CT molecular complexity index is 1230. The van der Waals surface area contributed by atoms with Crippen molar-refractivity contribution in [2.75, 3.05) is 69.4 Å². The lowest BCUT2D eigenvalue weighted by Crippen LogP contribution is -2.47. The molecule has 2 saturated heterocycles. The summed E-state index contributed by atoms with van der Waals surface area (Å²) in [6, 6.07) is 8.11. The van der Waals surface area contributed by atoms with Crippen LogP contribution in [-0.2, 0) is 21.3 Å². The van der Waals surface area contributed by atoms with Crippen LogP contribution in [0, 0.1) is 0 Å². The highest BCUT2D eigenvalue weighted by molar-refractivity contribution is 7.88. The smallest absolute Gasteiger partial charge is 0.211 e. The second-order valence-electron chi connectivity index (χ2n) is 8.47. The Balaban J connectivity index is 1.45. The molecule has 0 aromatic carbocycles. The normalized spacial score (nSPS) is 18.8. The number of sulfonamides is 1. The van der Waals surface area contributed by atoms with E-state index in [2.05, 4.69) is 26.9 Å². The standard InChI is InChI=1S/C22H28N6O3S2/c1-33(29,30)28-6-4-26(5-7-28)15-18-12-17-13-19(16-2-3-20(23)24-14-16)25-22(21(17)32-18)27-8-10-31-11-9-27/h2-3,12-14H,4-11,15H2,1H3,(H2,23,24). The van der Waals surface area contributed by atoms with Crippen LogP contribution in [0.3, 0.4) is 0 Å². The summed E-state index contributed by atoms with van der Waals surface area (Å²) in [5.41, 5.74) is 7.59. The number of pyridine rings is 2. The van der Waals surface area contributed by atoms with Gasteiger partial charge in [0, 0.05) is 62.5 Å². The van der Waals surface area contributed by atoms with Crippen molar-refractivity contribution in [2.24, 2.45) is 0 Å². The maximum Gasteiger partial charge on any atom is 0.211 e. The predicted molar refractivity (Wildman–Crippen MR) is 132 cm³/mol. The Morgan fingerprint density at radius 3 is 2.52 bits per heavy atom. The summed E-state index contributed by atoms with van der Waals surface area (Å²) in [4.78, 5) is 15.1. The summed E-state index contributed by atoms with van der Waals surface area (Å²) < 4.78 is 31.9. The lowest BCUT2D eigenvalue weighted by molar-refractivity contribution is 0.122. The van der Waals surface area contributed by atoms with Gasteiger partial charge in [-0.2, -0.15) is 4.31 Å². The largest absolute Gasteiger partial charge is 0.384 e. The fourth-order valence-corrected chi connectivity index (χ4v) is 6.32. The number of nitrogens with two attached hydrogens (primary N) is 1. The minimum atomic E-state index is -3.12. The minimum absolute atomic E-state index is 0.488. The van der Waals surface area contributed by atoms with Crippen LogP contribution < -0.4 is 10.6 Å². The Labute approximate surface area is 197 Å². The van der Waals surface area contributed by atoms with Crippen LogP contribution in [0.25, 0.3) is 21.3 Å². The Morgan fingerprint density at radius 2 is 1.85 bits per heavy atom. The van der Waals surface area contributed by atoms with Gasteiger partial charge in [0.25, 0.3) is 0 Å². The molecule has 2 aliphatic heterocycles. The van der Waals surface area contributed by atoms with Crippen molar-refractivity contribution < 1.29 is 13.2 Å². The van der Waals surface area contributed by atoms with E-state index in [-0.39, 0.29) is 0 Å². The monoisotopic (exact) mass is 488 g/mol. The van der Waals surface area contributed by atoms with Gasteiger partial charge in [-0.05, 0) is 29.7 Å². The molecule has 9 nitrogen and oxygen atoms in total. The molecule has 5 heterocycles. The van der Waals surface area contributed by atoms with Crippen molar-refractivity contribution in [3.63, 3.8) is 0 Å². The average Bonchev–Trinajstić information content (AvgIpc) is 3.21. The molecule has 0 radical (unpaired) electrons. The van der Waals surface area contributed by atoms with Crippen LogP contribution in [-0.4, -0.2) is 86.3 Å². The number of piperazine rings is 1. The number of nitrogen functional groups attached to an aromatic ring is 1. The third-order valence-electron chi connectivity index (χ3n) is 6.11. The van der Waals surface area contributed by atoms with E-state index in [0.29, 0.717) is 32.1 Å². The van der Waals surface area contributed by atoms with E-state index in [0.717, 1.165) is 55.2 Å². The SMILES string of the molecule is CS(=O)(=O)N1CCN(Cc2cc3cc(-c4ccc(N)nc4)nc(N4CCOCC4)c3s2)CC1. The number of anilines is 2. The van der Waals surface area contributed by atoms with Crippen LogP contribution in [0.1, 0.15) is 4.88 Å². The number of thiophene rings is 1. The molecule has 0 unspecified atom stereocenters. The number of hydrogen-bond donors (Lipinski definition) is 1. The predicted octanol–water partition coefficient (Wildman–Crippen LogP) is 1.85. The maximum atomic E-state index is 11.8. The Hall–Kier alpha value is -2.31. The molecule has 3 aromatic rings. The van der Waals surface area contributed by atoms with Crippen LogP contribution >= 0.6 is 11.3 Å². The van der Waals surface area contributed by atoms with Gasteiger partial charge in [0.15, 0.2) is 0 Å². The maximum absolute atomic E-state index is 11.8. The molecule has 2 N–H and O–H groups in total. The molecule has 3 aromatic heterocycles. The molecule has 2 aliphatic rings. The van der Waals surface area contributed by atoms with Crippen LogP contribution in [0.5, 0.6) is 0 Å². The third-order valence-corrected chi connectivity index (χ3v) is 8.54. The first kappa shape index (κ1) is 22.5. The number of nitrogens with zero attached hydrogens (tertiary/aromatic N) is 5. The summed E-state index contributed by atoms with van der Waals surface area (Å²) in [6.07, 6.45) is 3.05. The zero-order valence-electron chi connectivity index (χ0n) is 18.6. The lowest BCUT2D eigenvalue weighted by atomic mass is 10.1. The summed E-state index contributed by atoms with van der Waals surface area (Å²) in [5.74, 6) is 1.47. The summed E-state index contributed by atoms with van der Waals surface area (Å²) in [6.45, 7) is 6.36. The van der Waals surface area contributed by atoms with E-state index in [4.69, 9.17) is 15.5 Å². The molecule has 0 atom stereocenters. The fraction of sp³-hybridized carbons (Fsp3) is 0.455. The van der Waals surface area contributed by atoms with Gasteiger partial charge in [-0.3, -0.25) is 4.90 Å². The molecule has 0 bridgehead atoms. The Morgan fingerprint density at radius 1 is 1.09 bits per heavy atom. The third kappa shape index (κ3) is 4.97.